The maximum Gasteiger partial charge on any atom is 0.153 e. The van der Waals surface area contributed by atoms with Gasteiger partial charge in [0.2, 0.25) is 0 Å². The summed E-state index contributed by atoms with van der Waals surface area (Å²) < 4.78 is 11.0. The van der Waals surface area contributed by atoms with E-state index in [0.29, 0.717) is 65.3 Å². The predicted octanol–water partition coefficient (Wildman–Crippen LogP) is 2.78. The minimum absolute atomic E-state index is 0.257. The van der Waals surface area contributed by atoms with Gasteiger partial charge in [0, 0.05) is 17.5 Å². The van der Waals surface area contributed by atoms with Gasteiger partial charge >= 0.3 is 0 Å². The molecule has 2 aromatic rings. The molecule has 0 atom stereocenters. The third kappa shape index (κ3) is 4.84. The molecule has 2 aromatic carbocycles. The zero-order chi connectivity index (χ0) is 18.1. The second kappa shape index (κ2) is 9.12. The molecule has 0 saturated heterocycles. The number of benzene rings is 2. The van der Waals surface area contributed by atoms with Crippen LogP contribution in [0.1, 0.15) is 47.9 Å². The van der Waals surface area contributed by atoms with Crippen LogP contribution in [0.4, 0.5) is 0 Å². The van der Waals surface area contributed by atoms with Gasteiger partial charge in [-0.05, 0) is 24.3 Å². The molecule has 0 radical (unpaired) electrons. The van der Waals surface area contributed by atoms with Crippen molar-refractivity contribution in [3.8, 4) is 11.5 Å². The molecule has 0 heterocycles. The normalized spacial score (nSPS) is 9.92. The van der Waals surface area contributed by atoms with Gasteiger partial charge in [-0.25, -0.2) is 0 Å². The number of hydrogen-bond donors (Lipinski definition) is 0. The van der Waals surface area contributed by atoms with Crippen molar-refractivity contribution in [2.75, 3.05) is 13.2 Å². The highest BCUT2D eigenvalue weighted by atomic mass is 16.5. The number of aldehydes is 4. The number of carbonyl (C=O) groups excluding carboxylic acids is 4. The van der Waals surface area contributed by atoms with Gasteiger partial charge in [0.15, 0.2) is 12.6 Å². The molecular weight excluding hydrogens is 324 g/mol. The monoisotopic (exact) mass is 340 g/mol. The minimum atomic E-state index is 0.257. The summed E-state index contributed by atoms with van der Waals surface area (Å²) in [5.41, 5.74) is 1.54. The molecule has 6 heteroatoms. The van der Waals surface area contributed by atoms with Crippen LogP contribution in [0.15, 0.2) is 36.4 Å². The summed E-state index contributed by atoms with van der Waals surface area (Å²) in [6, 6.07) is 9.10. The Bertz CT molecular complexity index is 716. The summed E-state index contributed by atoms with van der Waals surface area (Å²) in [4.78, 5) is 43.5. The van der Waals surface area contributed by atoms with E-state index in [4.69, 9.17) is 9.47 Å². The molecule has 0 fully saturated rings. The Morgan fingerprint density at radius 3 is 1.44 bits per heavy atom. The van der Waals surface area contributed by atoms with Crippen LogP contribution in [0.5, 0.6) is 11.5 Å². The van der Waals surface area contributed by atoms with Gasteiger partial charge in [-0.3, -0.25) is 19.2 Å². The van der Waals surface area contributed by atoms with Crippen molar-refractivity contribution in [3.05, 3.63) is 58.7 Å². The quantitative estimate of drug-likeness (QED) is 0.488. The zero-order valence-electron chi connectivity index (χ0n) is 13.3. The van der Waals surface area contributed by atoms with Crippen LogP contribution in [0, 0.1) is 0 Å². The third-order valence-electron chi connectivity index (χ3n) is 3.41. The van der Waals surface area contributed by atoms with E-state index in [-0.39, 0.29) is 13.2 Å². The van der Waals surface area contributed by atoms with Crippen LogP contribution in [-0.4, -0.2) is 38.4 Å². The van der Waals surface area contributed by atoms with E-state index < -0.39 is 0 Å². The second-order valence-electron chi connectivity index (χ2n) is 5.12. The van der Waals surface area contributed by atoms with Crippen molar-refractivity contribution in [2.24, 2.45) is 0 Å². The van der Waals surface area contributed by atoms with Gasteiger partial charge < -0.3 is 9.47 Å². The molecule has 0 unspecified atom stereocenters. The first-order chi connectivity index (χ1) is 12.2. The largest absolute Gasteiger partial charge is 0.493 e. The summed E-state index contributed by atoms with van der Waals surface area (Å²) in [7, 11) is 0. The van der Waals surface area contributed by atoms with E-state index in [1.54, 1.807) is 0 Å². The molecule has 128 valence electrons. The summed E-state index contributed by atoms with van der Waals surface area (Å²) in [5.74, 6) is 0.660. The molecule has 0 saturated carbocycles. The molecule has 0 N–H and O–H groups in total. The van der Waals surface area contributed by atoms with E-state index in [0.717, 1.165) is 0 Å². The minimum Gasteiger partial charge on any atom is -0.493 e. The van der Waals surface area contributed by atoms with Crippen LogP contribution in [0.2, 0.25) is 0 Å². The molecule has 0 amide bonds. The molecule has 25 heavy (non-hydrogen) atoms. The number of carbonyl (C=O) groups is 4. The maximum atomic E-state index is 11.0. The standard InChI is InChI=1S/C19H16O6/c20-10-14-2-4-16(12-22)18(8-14)24-6-1-7-25-19-9-15(11-21)3-5-17(19)13-23/h2-5,8-13H,1,6-7H2. The predicted molar refractivity (Wildman–Crippen MR) is 90.0 cm³/mol. The topological polar surface area (TPSA) is 86.7 Å². The Kier molecular flexibility index (Phi) is 6.59. The smallest absolute Gasteiger partial charge is 0.153 e. The van der Waals surface area contributed by atoms with Crippen molar-refractivity contribution >= 4 is 25.1 Å². The Morgan fingerprint density at radius 2 is 1.08 bits per heavy atom. The molecule has 2 rings (SSSR count). The summed E-state index contributed by atoms with van der Waals surface area (Å²) in [6.45, 7) is 0.514. The van der Waals surface area contributed by atoms with E-state index in [2.05, 4.69) is 0 Å². The molecule has 0 bridgehead atoms. The van der Waals surface area contributed by atoms with Crippen LogP contribution < -0.4 is 9.47 Å². The average molecular weight is 340 g/mol. The van der Waals surface area contributed by atoms with Gasteiger partial charge in [-0.1, -0.05) is 12.1 Å². The summed E-state index contributed by atoms with van der Waals surface area (Å²) >= 11 is 0. The maximum absolute atomic E-state index is 11.0. The number of rotatable bonds is 10. The Balaban J connectivity index is 1.90. The number of hydrogen-bond acceptors (Lipinski definition) is 6. The van der Waals surface area contributed by atoms with Crippen molar-refractivity contribution in [3.63, 3.8) is 0 Å². The zero-order valence-corrected chi connectivity index (χ0v) is 13.3. The fourth-order valence-electron chi connectivity index (χ4n) is 2.12. The SMILES string of the molecule is O=Cc1ccc(C=O)c(OCCCOc2cc(C=O)ccc2C=O)c1. The van der Waals surface area contributed by atoms with E-state index >= 15 is 0 Å². The molecule has 0 aromatic heterocycles. The van der Waals surface area contributed by atoms with Crippen molar-refractivity contribution in [1.82, 2.24) is 0 Å². The fraction of sp³-hybridized carbons (Fsp3) is 0.158. The highest BCUT2D eigenvalue weighted by Gasteiger charge is 2.06. The second-order valence-corrected chi connectivity index (χ2v) is 5.12. The van der Waals surface area contributed by atoms with Crippen molar-refractivity contribution in [1.29, 1.82) is 0 Å². The lowest BCUT2D eigenvalue weighted by atomic mass is 10.1. The summed E-state index contributed by atoms with van der Waals surface area (Å²) in [5, 5.41) is 0. The molecule has 0 aliphatic rings. The van der Waals surface area contributed by atoms with Crippen LogP contribution in [-0.2, 0) is 0 Å². The Morgan fingerprint density at radius 1 is 0.640 bits per heavy atom. The van der Waals surface area contributed by atoms with Crippen molar-refractivity contribution < 1.29 is 28.7 Å². The third-order valence-corrected chi connectivity index (χ3v) is 3.41. The van der Waals surface area contributed by atoms with E-state index in [9.17, 15) is 19.2 Å². The average Bonchev–Trinajstić information content (AvgIpc) is 2.67. The summed E-state index contributed by atoms with van der Waals surface area (Å²) in [6.07, 6.45) is 3.13. The van der Waals surface area contributed by atoms with Gasteiger partial charge in [0.25, 0.3) is 0 Å². The molecule has 0 aliphatic heterocycles. The number of ether oxygens (including phenoxy) is 2. The van der Waals surface area contributed by atoms with E-state index in [1.807, 2.05) is 0 Å². The Labute approximate surface area is 144 Å². The van der Waals surface area contributed by atoms with Gasteiger partial charge in [-0.15, -0.1) is 0 Å². The molecule has 0 aliphatic carbocycles. The van der Waals surface area contributed by atoms with E-state index in [1.165, 1.54) is 36.4 Å². The molecule has 6 nitrogen and oxygen atoms in total. The first-order valence-corrected chi connectivity index (χ1v) is 7.56. The highest BCUT2D eigenvalue weighted by molar-refractivity contribution is 5.84. The van der Waals surface area contributed by atoms with Crippen LogP contribution in [0.3, 0.4) is 0 Å². The lowest BCUT2D eigenvalue weighted by Crippen LogP contribution is -2.07. The molecular formula is C19H16O6. The van der Waals surface area contributed by atoms with Gasteiger partial charge in [-0.2, -0.15) is 0 Å². The lowest BCUT2D eigenvalue weighted by molar-refractivity contribution is 0.110. The van der Waals surface area contributed by atoms with Gasteiger partial charge in [0.1, 0.15) is 24.1 Å². The highest BCUT2D eigenvalue weighted by Crippen LogP contribution is 2.20. The molecule has 0 spiro atoms. The van der Waals surface area contributed by atoms with Crippen molar-refractivity contribution in [2.45, 2.75) is 6.42 Å². The lowest BCUT2D eigenvalue weighted by Gasteiger charge is -2.11. The van der Waals surface area contributed by atoms with Crippen LogP contribution >= 0.6 is 0 Å². The Hall–Kier alpha value is -3.28. The van der Waals surface area contributed by atoms with Crippen LogP contribution in [0.25, 0.3) is 0 Å². The van der Waals surface area contributed by atoms with Gasteiger partial charge in [0.05, 0.1) is 24.3 Å². The first kappa shape index (κ1) is 18.1. The first-order valence-electron chi connectivity index (χ1n) is 7.56. The fourth-order valence-corrected chi connectivity index (χ4v) is 2.12.